The summed E-state index contributed by atoms with van der Waals surface area (Å²) in [4.78, 5) is 14.7. The van der Waals surface area contributed by atoms with Crippen LogP contribution in [0.25, 0.3) is 0 Å². The highest BCUT2D eigenvalue weighted by Gasteiger charge is 2.25. The number of nitrogens with one attached hydrogen (secondary N) is 1. The highest BCUT2D eigenvalue weighted by atomic mass is 16.6. The second kappa shape index (κ2) is 9.78. The van der Waals surface area contributed by atoms with E-state index >= 15 is 0 Å². The predicted octanol–water partition coefficient (Wildman–Crippen LogP) is 2.36. The van der Waals surface area contributed by atoms with Crippen molar-refractivity contribution >= 4 is 5.91 Å². The molecule has 1 aromatic rings. The molecule has 1 aliphatic carbocycles. The summed E-state index contributed by atoms with van der Waals surface area (Å²) in [7, 11) is 1.68. The van der Waals surface area contributed by atoms with Crippen LogP contribution in [0.4, 0.5) is 0 Å². The zero-order valence-electron chi connectivity index (χ0n) is 15.7. The van der Waals surface area contributed by atoms with E-state index in [1.807, 2.05) is 12.1 Å². The van der Waals surface area contributed by atoms with E-state index < -0.39 is 0 Å². The van der Waals surface area contributed by atoms with E-state index in [1.165, 1.54) is 25.7 Å². The molecule has 1 N–H and O–H groups in total. The Kier molecular flexibility index (Phi) is 7.14. The van der Waals surface area contributed by atoms with Crippen LogP contribution in [-0.4, -0.2) is 56.9 Å². The van der Waals surface area contributed by atoms with Crippen molar-refractivity contribution in [1.29, 1.82) is 0 Å². The minimum absolute atomic E-state index is 0.0885. The van der Waals surface area contributed by atoms with Crippen molar-refractivity contribution in [2.75, 3.05) is 40.0 Å². The largest absolute Gasteiger partial charge is 0.486 e. The quantitative estimate of drug-likeness (QED) is 0.684. The fraction of sp³-hybridized carbons (Fsp3) is 0.650. The van der Waals surface area contributed by atoms with Crippen molar-refractivity contribution in [2.45, 2.75) is 44.7 Å². The van der Waals surface area contributed by atoms with Crippen LogP contribution < -0.4 is 14.8 Å². The first-order chi connectivity index (χ1) is 12.8. The van der Waals surface area contributed by atoms with Crippen LogP contribution in [0.1, 0.15) is 37.7 Å². The smallest absolute Gasteiger partial charge is 0.234 e. The van der Waals surface area contributed by atoms with Crippen LogP contribution in [0.3, 0.4) is 0 Å². The minimum atomic E-state index is 0.0885. The van der Waals surface area contributed by atoms with Crippen LogP contribution in [0.2, 0.25) is 0 Å². The molecule has 0 saturated heterocycles. The van der Waals surface area contributed by atoms with Gasteiger partial charge < -0.3 is 19.5 Å². The second-order valence-corrected chi connectivity index (χ2v) is 7.02. The molecule has 1 aromatic carbocycles. The van der Waals surface area contributed by atoms with Gasteiger partial charge in [0, 0.05) is 32.8 Å². The van der Waals surface area contributed by atoms with E-state index in [9.17, 15) is 4.79 Å². The van der Waals surface area contributed by atoms with Gasteiger partial charge in [0.25, 0.3) is 0 Å². The maximum atomic E-state index is 12.4. The van der Waals surface area contributed by atoms with Gasteiger partial charge in [0.2, 0.25) is 5.91 Å². The lowest BCUT2D eigenvalue weighted by atomic mass is 10.1. The van der Waals surface area contributed by atoms with Gasteiger partial charge in [0.1, 0.15) is 13.2 Å². The van der Waals surface area contributed by atoms with Crippen LogP contribution in [0, 0.1) is 0 Å². The number of fused-ring (bicyclic) bond motifs is 1. The number of carbonyl (C=O) groups excluding carboxylic acids is 1. The van der Waals surface area contributed by atoms with Gasteiger partial charge in [0.05, 0.1) is 6.54 Å². The van der Waals surface area contributed by atoms with Gasteiger partial charge in [-0.2, -0.15) is 0 Å². The number of benzene rings is 1. The number of hydrogen-bond donors (Lipinski definition) is 1. The summed E-state index contributed by atoms with van der Waals surface area (Å²) in [6, 6.07) is 6.58. The molecule has 1 fully saturated rings. The molecular weight excluding hydrogens is 332 g/mol. The third-order valence-electron chi connectivity index (χ3n) is 5.03. The Labute approximate surface area is 155 Å². The number of carbonyl (C=O) groups is 1. The summed E-state index contributed by atoms with van der Waals surface area (Å²) >= 11 is 0. The molecule has 0 atom stereocenters. The molecule has 6 heteroatoms. The van der Waals surface area contributed by atoms with E-state index in [4.69, 9.17) is 14.2 Å². The monoisotopic (exact) mass is 362 g/mol. The van der Waals surface area contributed by atoms with Crippen LogP contribution in [-0.2, 0) is 16.1 Å². The molecule has 1 saturated carbocycles. The molecule has 0 aromatic heterocycles. The topological polar surface area (TPSA) is 60.0 Å². The average Bonchev–Trinajstić information content (AvgIpc) is 3.19. The summed E-state index contributed by atoms with van der Waals surface area (Å²) in [5.74, 6) is 1.71. The molecule has 26 heavy (non-hydrogen) atoms. The Morgan fingerprint density at radius 3 is 2.77 bits per heavy atom. The standard InChI is InChI=1S/C20H30N2O4/c1-24-10-4-9-21-20(23)15-22(17-5-2-3-6-17)14-16-7-8-18-19(13-16)26-12-11-25-18/h7-8,13,17H,2-6,9-12,14-15H2,1H3,(H,21,23). The zero-order valence-corrected chi connectivity index (χ0v) is 15.7. The number of nitrogens with zero attached hydrogens (tertiary/aromatic N) is 1. The third-order valence-corrected chi connectivity index (χ3v) is 5.03. The SMILES string of the molecule is COCCCNC(=O)CN(Cc1ccc2c(c1)OCCO2)C1CCCC1. The highest BCUT2D eigenvalue weighted by Crippen LogP contribution is 2.32. The molecule has 6 nitrogen and oxygen atoms in total. The van der Waals surface area contributed by atoms with E-state index in [2.05, 4.69) is 16.3 Å². The Bertz CT molecular complexity index is 587. The lowest BCUT2D eigenvalue weighted by molar-refractivity contribution is -0.123. The number of ether oxygens (including phenoxy) is 3. The molecule has 144 valence electrons. The number of methoxy groups -OCH3 is 1. The summed E-state index contributed by atoms with van der Waals surface area (Å²) in [5, 5.41) is 3.00. The maximum absolute atomic E-state index is 12.4. The fourth-order valence-corrected chi connectivity index (χ4v) is 3.69. The molecule has 2 aliphatic rings. The molecule has 0 radical (unpaired) electrons. The van der Waals surface area contributed by atoms with Crippen molar-refractivity contribution in [3.8, 4) is 11.5 Å². The molecule has 0 bridgehead atoms. The summed E-state index contributed by atoms with van der Waals surface area (Å²) in [6.45, 7) is 3.72. The van der Waals surface area contributed by atoms with Gasteiger partial charge in [-0.1, -0.05) is 18.9 Å². The molecule has 0 spiro atoms. The third kappa shape index (κ3) is 5.35. The molecule has 0 unspecified atom stereocenters. The Morgan fingerprint density at radius 2 is 2.00 bits per heavy atom. The minimum Gasteiger partial charge on any atom is -0.486 e. The van der Waals surface area contributed by atoms with Crippen molar-refractivity contribution < 1.29 is 19.0 Å². The fourth-order valence-electron chi connectivity index (χ4n) is 3.69. The lowest BCUT2D eigenvalue weighted by Gasteiger charge is -2.29. The van der Waals surface area contributed by atoms with Crippen molar-refractivity contribution in [1.82, 2.24) is 10.2 Å². The van der Waals surface area contributed by atoms with Crippen LogP contribution in [0.15, 0.2) is 18.2 Å². The average molecular weight is 362 g/mol. The number of amides is 1. The van der Waals surface area contributed by atoms with Crippen molar-refractivity contribution in [3.63, 3.8) is 0 Å². The summed E-state index contributed by atoms with van der Waals surface area (Å²) in [6.07, 6.45) is 5.67. The number of rotatable bonds is 9. The zero-order chi connectivity index (χ0) is 18.2. The van der Waals surface area contributed by atoms with Gasteiger partial charge in [-0.3, -0.25) is 9.69 Å². The Balaban J connectivity index is 1.60. The Morgan fingerprint density at radius 1 is 1.23 bits per heavy atom. The Hall–Kier alpha value is -1.79. The second-order valence-electron chi connectivity index (χ2n) is 7.02. The van der Waals surface area contributed by atoms with Crippen LogP contribution in [0.5, 0.6) is 11.5 Å². The van der Waals surface area contributed by atoms with Gasteiger partial charge in [-0.05, 0) is 37.0 Å². The molecular formula is C20H30N2O4. The van der Waals surface area contributed by atoms with E-state index in [1.54, 1.807) is 7.11 Å². The van der Waals surface area contributed by atoms with Crippen LogP contribution >= 0.6 is 0 Å². The molecule has 1 aliphatic heterocycles. The first-order valence-corrected chi connectivity index (χ1v) is 9.64. The molecule has 1 heterocycles. The van der Waals surface area contributed by atoms with E-state index in [-0.39, 0.29) is 5.91 Å². The number of hydrogen-bond acceptors (Lipinski definition) is 5. The maximum Gasteiger partial charge on any atom is 0.234 e. The van der Waals surface area contributed by atoms with Gasteiger partial charge in [-0.15, -0.1) is 0 Å². The van der Waals surface area contributed by atoms with Crippen molar-refractivity contribution in [3.05, 3.63) is 23.8 Å². The van der Waals surface area contributed by atoms with Gasteiger partial charge in [0.15, 0.2) is 11.5 Å². The van der Waals surface area contributed by atoms with Gasteiger partial charge in [-0.25, -0.2) is 0 Å². The summed E-state index contributed by atoms with van der Waals surface area (Å²) in [5.41, 5.74) is 1.16. The normalized spacial score (nSPS) is 16.8. The lowest BCUT2D eigenvalue weighted by Crippen LogP contribution is -2.42. The van der Waals surface area contributed by atoms with E-state index in [0.717, 1.165) is 30.0 Å². The van der Waals surface area contributed by atoms with E-state index in [0.29, 0.717) is 39.0 Å². The first-order valence-electron chi connectivity index (χ1n) is 9.64. The van der Waals surface area contributed by atoms with Gasteiger partial charge >= 0.3 is 0 Å². The molecule has 3 rings (SSSR count). The predicted molar refractivity (Wildman–Crippen MR) is 99.6 cm³/mol. The summed E-state index contributed by atoms with van der Waals surface area (Å²) < 4.78 is 16.3. The van der Waals surface area contributed by atoms with Crippen molar-refractivity contribution in [2.24, 2.45) is 0 Å². The first kappa shape index (κ1) is 19.0. The highest BCUT2D eigenvalue weighted by molar-refractivity contribution is 5.78. The molecule has 1 amide bonds.